The average Bonchev–Trinajstić information content (AvgIpc) is 2.85. The second-order valence-electron chi connectivity index (χ2n) is 7.24. The molecule has 0 aliphatic heterocycles. The second-order valence-corrected chi connectivity index (χ2v) is 7.24. The predicted molar refractivity (Wildman–Crippen MR) is 125 cm³/mol. The number of amides is 1. The van der Waals surface area contributed by atoms with E-state index in [-0.39, 0.29) is 12.5 Å². The Balaban J connectivity index is 1.46. The molecule has 7 nitrogen and oxygen atoms in total. The summed E-state index contributed by atoms with van der Waals surface area (Å²) in [5.74, 6) is 1.57. The Hall–Kier alpha value is -4.26. The molecule has 1 aromatic heterocycles. The summed E-state index contributed by atoms with van der Waals surface area (Å²) < 4.78 is 21.5. The lowest BCUT2D eigenvalue weighted by Crippen LogP contribution is -2.28. The first kappa shape index (κ1) is 22.0. The number of para-hydroxylation sites is 1. The van der Waals surface area contributed by atoms with E-state index < -0.39 is 5.63 Å². The molecule has 0 atom stereocenters. The molecule has 33 heavy (non-hydrogen) atoms. The highest BCUT2D eigenvalue weighted by molar-refractivity contribution is 5.93. The molecule has 3 aromatic carbocycles. The fourth-order valence-electron chi connectivity index (χ4n) is 3.48. The van der Waals surface area contributed by atoms with Gasteiger partial charge in [-0.1, -0.05) is 30.3 Å². The van der Waals surface area contributed by atoms with Gasteiger partial charge >= 0.3 is 5.63 Å². The summed E-state index contributed by atoms with van der Waals surface area (Å²) in [5, 5.41) is 3.56. The van der Waals surface area contributed by atoms with Crippen molar-refractivity contribution in [1.82, 2.24) is 5.32 Å². The average molecular weight is 445 g/mol. The Morgan fingerprint density at radius 3 is 2.42 bits per heavy atom. The minimum Gasteiger partial charge on any atom is -0.497 e. The van der Waals surface area contributed by atoms with E-state index in [1.807, 2.05) is 48.5 Å². The Labute approximate surface area is 190 Å². The first-order valence-corrected chi connectivity index (χ1v) is 10.3. The molecule has 0 bridgehead atoms. The minimum absolute atomic E-state index is 0.178. The molecule has 0 saturated carbocycles. The topological polar surface area (TPSA) is 87.0 Å². The summed E-state index contributed by atoms with van der Waals surface area (Å²) in [4.78, 5) is 24.4. The molecule has 0 aliphatic rings. The number of hydrogen-bond acceptors (Lipinski definition) is 6. The van der Waals surface area contributed by atoms with Gasteiger partial charge in [0.25, 0.3) is 5.91 Å². The summed E-state index contributed by atoms with van der Waals surface area (Å²) in [7, 11) is 3.18. The first-order chi connectivity index (χ1) is 16.1. The first-order valence-electron chi connectivity index (χ1n) is 10.3. The Morgan fingerprint density at radius 1 is 0.909 bits per heavy atom. The van der Waals surface area contributed by atoms with Crippen LogP contribution < -0.4 is 25.2 Å². The van der Waals surface area contributed by atoms with Crippen LogP contribution in [0.4, 0.5) is 0 Å². The number of benzene rings is 3. The van der Waals surface area contributed by atoms with Crippen molar-refractivity contribution in [3.05, 3.63) is 88.8 Å². The van der Waals surface area contributed by atoms with Crippen LogP contribution in [0, 0.1) is 0 Å². The SMILES string of the molecule is COc1ccc(-c2cc(=O)oc3cc(OCC(=O)NCc4ccccc4OC)ccc23)cc1. The van der Waals surface area contributed by atoms with Crippen LogP contribution in [0.2, 0.25) is 0 Å². The van der Waals surface area contributed by atoms with Gasteiger partial charge in [0, 0.05) is 29.6 Å². The van der Waals surface area contributed by atoms with Crippen molar-refractivity contribution in [3.8, 4) is 28.4 Å². The lowest BCUT2D eigenvalue weighted by molar-refractivity contribution is -0.123. The smallest absolute Gasteiger partial charge is 0.336 e. The van der Waals surface area contributed by atoms with E-state index in [4.69, 9.17) is 18.6 Å². The number of hydrogen-bond donors (Lipinski definition) is 1. The molecule has 7 heteroatoms. The number of ether oxygens (including phenoxy) is 3. The predicted octanol–water partition coefficient (Wildman–Crippen LogP) is 4.17. The van der Waals surface area contributed by atoms with Gasteiger partial charge in [0.1, 0.15) is 22.8 Å². The number of rotatable bonds is 8. The zero-order valence-corrected chi connectivity index (χ0v) is 18.3. The van der Waals surface area contributed by atoms with Crippen molar-refractivity contribution < 1.29 is 23.4 Å². The van der Waals surface area contributed by atoms with Crippen LogP contribution in [0.5, 0.6) is 17.2 Å². The number of carbonyl (C=O) groups is 1. The highest BCUT2D eigenvalue weighted by Gasteiger charge is 2.11. The lowest BCUT2D eigenvalue weighted by atomic mass is 10.0. The van der Waals surface area contributed by atoms with E-state index in [9.17, 15) is 9.59 Å². The molecular weight excluding hydrogens is 422 g/mol. The number of carbonyl (C=O) groups excluding carboxylic acids is 1. The fraction of sp³-hybridized carbons (Fsp3) is 0.154. The number of fused-ring (bicyclic) bond motifs is 1. The molecule has 4 aromatic rings. The third kappa shape index (κ3) is 5.15. The summed E-state index contributed by atoms with van der Waals surface area (Å²) >= 11 is 0. The molecule has 4 rings (SSSR count). The third-order valence-corrected chi connectivity index (χ3v) is 5.16. The van der Waals surface area contributed by atoms with E-state index in [2.05, 4.69) is 5.32 Å². The second kappa shape index (κ2) is 9.91. The third-order valence-electron chi connectivity index (χ3n) is 5.16. The lowest BCUT2D eigenvalue weighted by Gasteiger charge is -2.11. The maximum atomic E-state index is 12.2. The normalized spacial score (nSPS) is 10.6. The maximum absolute atomic E-state index is 12.2. The number of nitrogens with one attached hydrogen (secondary N) is 1. The minimum atomic E-state index is -0.472. The molecule has 0 aliphatic carbocycles. The zero-order chi connectivity index (χ0) is 23.2. The van der Waals surface area contributed by atoms with Crippen molar-refractivity contribution >= 4 is 16.9 Å². The van der Waals surface area contributed by atoms with Crippen LogP contribution >= 0.6 is 0 Å². The van der Waals surface area contributed by atoms with E-state index in [1.54, 1.807) is 32.4 Å². The van der Waals surface area contributed by atoms with E-state index >= 15 is 0 Å². The van der Waals surface area contributed by atoms with Gasteiger partial charge in [-0.25, -0.2) is 4.79 Å². The van der Waals surface area contributed by atoms with Gasteiger partial charge < -0.3 is 23.9 Å². The summed E-state index contributed by atoms with van der Waals surface area (Å²) in [6.45, 7) is 0.146. The van der Waals surface area contributed by atoms with Crippen LogP contribution in [-0.4, -0.2) is 26.7 Å². The van der Waals surface area contributed by atoms with E-state index in [0.717, 1.165) is 27.8 Å². The van der Waals surface area contributed by atoms with Crippen molar-refractivity contribution in [1.29, 1.82) is 0 Å². The van der Waals surface area contributed by atoms with Crippen LogP contribution in [0.15, 0.2) is 82.0 Å². The highest BCUT2D eigenvalue weighted by atomic mass is 16.5. The van der Waals surface area contributed by atoms with Crippen LogP contribution in [0.25, 0.3) is 22.1 Å². The Morgan fingerprint density at radius 2 is 1.67 bits per heavy atom. The molecule has 0 radical (unpaired) electrons. The quantitative estimate of drug-likeness (QED) is 0.410. The van der Waals surface area contributed by atoms with Gasteiger partial charge in [0.2, 0.25) is 0 Å². The monoisotopic (exact) mass is 445 g/mol. The van der Waals surface area contributed by atoms with Gasteiger partial charge in [0.15, 0.2) is 6.61 Å². The summed E-state index contributed by atoms with van der Waals surface area (Å²) in [6, 6.07) is 21.5. The van der Waals surface area contributed by atoms with E-state index in [0.29, 0.717) is 23.6 Å². The van der Waals surface area contributed by atoms with Gasteiger partial charge in [-0.15, -0.1) is 0 Å². The molecule has 0 unspecified atom stereocenters. The van der Waals surface area contributed by atoms with E-state index in [1.165, 1.54) is 6.07 Å². The molecule has 168 valence electrons. The fourth-order valence-corrected chi connectivity index (χ4v) is 3.48. The molecular formula is C26H23NO6. The van der Waals surface area contributed by atoms with Crippen molar-refractivity contribution in [2.75, 3.05) is 20.8 Å². The van der Waals surface area contributed by atoms with Crippen LogP contribution in [0.1, 0.15) is 5.56 Å². The molecule has 0 saturated heterocycles. The highest BCUT2D eigenvalue weighted by Crippen LogP contribution is 2.30. The Kier molecular flexibility index (Phi) is 6.59. The van der Waals surface area contributed by atoms with Gasteiger partial charge in [-0.05, 0) is 41.5 Å². The van der Waals surface area contributed by atoms with Gasteiger partial charge in [-0.3, -0.25) is 4.79 Å². The van der Waals surface area contributed by atoms with Crippen LogP contribution in [0.3, 0.4) is 0 Å². The maximum Gasteiger partial charge on any atom is 0.336 e. The summed E-state index contributed by atoms with van der Waals surface area (Å²) in [6.07, 6.45) is 0. The molecule has 0 spiro atoms. The standard InChI is InChI=1S/C26H23NO6/c1-30-19-9-7-17(8-10-19)22-14-26(29)33-24-13-20(11-12-21(22)24)32-16-25(28)27-15-18-5-3-4-6-23(18)31-2/h3-14H,15-16H2,1-2H3,(H,27,28). The number of methoxy groups -OCH3 is 2. The van der Waals surface area contributed by atoms with Crippen LogP contribution in [-0.2, 0) is 11.3 Å². The molecule has 1 amide bonds. The van der Waals surface area contributed by atoms with Crippen molar-refractivity contribution in [3.63, 3.8) is 0 Å². The largest absolute Gasteiger partial charge is 0.497 e. The Bertz CT molecular complexity index is 1330. The van der Waals surface area contributed by atoms with Gasteiger partial charge in [0.05, 0.1) is 14.2 Å². The van der Waals surface area contributed by atoms with Gasteiger partial charge in [-0.2, -0.15) is 0 Å². The molecule has 1 N–H and O–H groups in total. The molecule has 1 heterocycles. The van der Waals surface area contributed by atoms with Crippen molar-refractivity contribution in [2.24, 2.45) is 0 Å². The van der Waals surface area contributed by atoms with Crippen molar-refractivity contribution in [2.45, 2.75) is 6.54 Å². The zero-order valence-electron chi connectivity index (χ0n) is 18.3. The molecule has 0 fully saturated rings. The summed E-state index contributed by atoms with van der Waals surface area (Å²) in [5.41, 5.74) is 2.37.